The number of phenols is 1. The van der Waals surface area contributed by atoms with Gasteiger partial charge in [0.05, 0.1) is 6.10 Å². The molecule has 3 N–H and O–H groups in total. The lowest BCUT2D eigenvalue weighted by Crippen LogP contribution is -2.47. The zero-order valence-corrected chi connectivity index (χ0v) is 9.79. The number of hydrogen-bond donors (Lipinski definition) is 3. The van der Waals surface area contributed by atoms with Crippen LogP contribution in [0.25, 0.3) is 0 Å². The molecule has 0 aliphatic heterocycles. The van der Waals surface area contributed by atoms with Gasteiger partial charge >= 0.3 is 0 Å². The average molecular weight is 227 g/mol. The van der Waals surface area contributed by atoms with Gasteiger partial charge in [-0.15, -0.1) is 0 Å². The number of rotatable bonds is 4. The van der Waals surface area contributed by atoms with Crippen LogP contribution in [0.2, 0.25) is 0 Å². The smallest absolute Gasteiger partial charge is 0.127 e. The fourth-order valence-corrected chi connectivity index (χ4v) is 1.21. The molecule has 0 saturated carbocycles. The van der Waals surface area contributed by atoms with Gasteiger partial charge in [-0.2, -0.15) is 0 Å². The van der Waals surface area contributed by atoms with E-state index in [1.54, 1.807) is 6.92 Å². The molecule has 0 radical (unpaired) electrons. The van der Waals surface area contributed by atoms with E-state index in [0.29, 0.717) is 12.1 Å². The Labute approximate surface area is 94.9 Å². The predicted molar refractivity (Wildman–Crippen MR) is 60.7 cm³/mol. The number of halogens is 1. The van der Waals surface area contributed by atoms with E-state index in [0.717, 1.165) is 6.07 Å². The van der Waals surface area contributed by atoms with E-state index >= 15 is 0 Å². The molecule has 0 fully saturated rings. The summed E-state index contributed by atoms with van der Waals surface area (Å²) in [7, 11) is 0. The third-order valence-electron chi connectivity index (χ3n) is 2.73. The molecule has 0 spiro atoms. The molecule has 1 unspecified atom stereocenters. The van der Waals surface area contributed by atoms with Crippen LogP contribution < -0.4 is 5.32 Å². The number of aliphatic hydroxyl groups is 1. The lowest BCUT2D eigenvalue weighted by Gasteiger charge is -2.29. The molecule has 1 rings (SSSR count). The highest BCUT2D eigenvalue weighted by molar-refractivity contribution is 5.28. The third-order valence-corrected chi connectivity index (χ3v) is 2.73. The monoisotopic (exact) mass is 227 g/mol. The van der Waals surface area contributed by atoms with Crippen molar-refractivity contribution in [1.82, 2.24) is 5.32 Å². The largest absolute Gasteiger partial charge is 0.508 e. The SMILES string of the molecule is CC(O)C(C)(C)NCc1cc(O)cc(F)c1. The van der Waals surface area contributed by atoms with Crippen LogP contribution in [0.5, 0.6) is 5.75 Å². The van der Waals surface area contributed by atoms with E-state index in [-0.39, 0.29) is 5.75 Å². The van der Waals surface area contributed by atoms with Crippen LogP contribution in [0.4, 0.5) is 4.39 Å². The highest BCUT2D eigenvalue weighted by atomic mass is 19.1. The molecule has 0 aliphatic rings. The molecule has 0 aromatic heterocycles. The molecule has 0 bridgehead atoms. The van der Waals surface area contributed by atoms with Gasteiger partial charge in [0.1, 0.15) is 11.6 Å². The Morgan fingerprint density at radius 3 is 2.50 bits per heavy atom. The lowest BCUT2D eigenvalue weighted by atomic mass is 9.98. The molecule has 1 aromatic carbocycles. The maximum Gasteiger partial charge on any atom is 0.127 e. The summed E-state index contributed by atoms with van der Waals surface area (Å²) < 4.78 is 13.0. The molecular formula is C12H18FNO2. The molecule has 0 heterocycles. The van der Waals surface area contributed by atoms with Crippen molar-refractivity contribution in [2.75, 3.05) is 0 Å². The van der Waals surface area contributed by atoms with Crippen LogP contribution >= 0.6 is 0 Å². The lowest BCUT2D eigenvalue weighted by molar-refractivity contribution is 0.0956. The van der Waals surface area contributed by atoms with Crippen molar-refractivity contribution >= 4 is 0 Å². The van der Waals surface area contributed by atoms with Gasteiger partial charge in [0, 0.05) is 18.2 Å². The number of aliphatic hydroxyl groups excluding tert-OH is 1. The third kappa shape index (κ3) is 3.47. The maximum atomic E-state index is 13.0. The Balaban J connectivity index is 2.68. The van der Waals surface area contributed by atoms with Crippen molar-refractivity contribution in [1.29, 1.82) is 0 Å². The number of hydrogen-bond acceptors (Lipinski definition) is 3. The fourth-order valence-electron chi connectivity index (χ4n) is 1.21. The minimum atomic E-state index is -0.519. The second-order valence-corrected chi connectivity index (χ2v) is 4.57. The molecule has 16 heavy (non-hydrogen) atoms. The van der Waals surface area contributed by atoms with Gasteiger partial charge < -0.3 is 15.5 Å². The van der Waals surface area contributed by atoms with Crippen molar-refractivity contribution in [3.63, 3.8) is 0 Å². The summed E-state index contributed by atoms with van der Waals surface area (Å²) in [6.07, 6.45) is -0.519. The Morgan fingerprint density at radius 1 is 1.38 bits per heavy atom. The molecule has 3 nitrogen and oxygen atoms in total. The molecule has 90 valence electrons. The number of phenolic OH excluding ortho intramolecular Hbond substituents is 1. The van der Waals surface area contributed by atoms with Crippen molar-refractivity contribution in [3.8, 4) is 5.75 Å². The molecule has 0 aliphatic carbocycles. The standard InChI is InChI=1S/C12H18FNO2/c1-8(15)12(2,3)14-7-9-4-10(13)6-11(16)5-9/h4-6,8,14-16H,7H2,1-3H3. The van der Waals surface area contributed by atoms with Crippen molar-refractivity contribution < 1.29 is 14.6 Å². The van der Waals surface area contributed by atoms with E-state index in [9.17, 15) is 14.6 Å². The first-order chi connectivity index (χ1) is 7.31. The van der Waals surface area contributed by atoms with Gasteiger partial charge in [-0.25, -0.2) is 4.39 Å². The molecule has 0 amide bonds. The molecule has 0 saturated heterocycles. The molecule has 1 aromatic rings. The van der Waals surface area contributed by atoms with Crippen LogP contribution in [-0.2, 0) is 6.54 Å². The van der Waals surface area contributed by atoms with Gasteiger partial charge in [-0.1, -0.05) is 0 Å². The number of aromatic hydroxyl groups is 1. The quantitative estimate of drug-likeness (QED) is 0.735. The van der Waals surface area contributed by atoms with Crippen molar-refractivity contribution in [2.24, 2.45) is 0 Å². The minimum absolute atomic E-state index is 0.0911. The Morgan fingerprint density at radius 2 is 2.00 bits per heavy atom. The van der Waals surface area contributed by atoms with Gasteiger partial charge in [-0.3, -0.25) is 0 Å². The second kappa shape index (κ2) is 4.80. The van der Waals surface area contributed by atoms with Crippen LogP contribution in [0.15, 0.2) is 18.2 Å². The summed E-state index contributed by atoms with van der Waals surface area (Å²) in [6.45, 7) is 5.80. The zero-order chi connectivity index (χ0) is 12.3. The van der Waals surface area contributed by atoms with E-state index in [1.165, 1.54) is 12.1 Å². The summed E-state index contributed by atoms with van der Waals surface area (Å²) >= 11 is 0. The minimum Gasteiger partial charge on any atom is -0.508 e. The summed E-state index contributed by atoms with van der Waals surface area (Å²) in [5, 5.41) is 21.8. The van der Waals surface area contributed by atoms with Crippen LogP contribution in [-0.4, -0.2) is 21.9 Å². The molecular weight excluding hydrogens is 209 g/mol. The summed E-state index contributed by atoms with van der Waals surface area (Å²) in [4.78, 5) is 0. The van der Waals surface area contributed by atoms with Gasteiger partial charge in [0.25, 0.3) is 0 Å². The Bertz CT molecular complexity index is 344. The predicted octanol–water partition coefficient (Wildman–Crippen LogP) is 1.78. The van der Waals surface area contributed by atoms with E-state index in [4.69, 9.17) is 0 Å². The van der Waals surface area contributed by atoms with Crippen LogP contribution in [0.1, 0.15) is 26.3 Å². The molecule has 1 atom stereocenters. The average Bonchev–Trinajstić information content (AvgIpc) is 2.13. The Kier molecular flexibility index (Phi) is 3.88. The zero-order valence-electron chi connectivity index (χ0n) is 9.79. The summed E-state index contributed by atoms with van der Waals surface area (Å²) in [5.74, 6) is -0.557. The van der Waals surface area contributed by atoms with Crippen LogP contribution in [0.3, 0.4) is 0 Å². The van der Waals surface area contributed by atoms with E-state index in [1.807, 2.05) is 13.8 Å². The summed E-state index contributed by atoms with van der Waals surface area (Å²) in [6, 6.07) is 3.91. The Hall–Kier alpha value is -1.13. The first-order valence-corrected chi connectivity index (χ1v) is 5.23. The van der Waals surface area contributed by atoms with Gasteiger partial charge in [0.2, 0.25) is 0 Å². The fraction of sp³-hybridized carbons (Fsp3) is 0.500. The van der Waals surface area contributed by atoms with Crippen molar-refractivity contribution in [2.45, 2.75) is 39.0 Å². The first-order valence-electron chi connectivity index (χ1n) is 5.23. The molecule has 4 heteroatoms. The number of benzene rings is 1. The van der Waals surface area contributed by atoms with E-state index in [2.05, 4.69) is 5.32 Å². The topological polar surface area (TPSA) is 52.5 Å². The van der Waals surface area contributed by atoms with Crippen molar-refractivity contribution in [3.05, 3.63) is 29.6 Å². The van der Waals surface area contributed by atoms with Gasteiger partial charge in [0.15, 0.2) is 0 Å². The second-order valence-electron chi connectivity index (χ2n) is 4.57. The maximum absolute atomic E-state index is 13.0. The van der Waals surface area contributed by atoms with E-state index < -0.39 is 17.5 Å². The highest BCUT2D eigenvalue weighted by Crippen LogP contribution is 2.16. The normalized spacial score (nSPS) is 13.8. The first kappa shape index (κ1) is 12.9. The van der Waals surface area contributed by atoms with Gasteiger partial charge in [-0.05, 0) is 38.5 Å². The summed E-state index contributed by atoms with van der Waals surface area (Å²) in [5.41, 5.74) is 0.188. The highest BCUT2D eigenvalue weighted by Gasteiger charge is 2.22. The number of nitrogens with one attached hydrogen (secondary N) is 1. The van der Waals surface area contributed by atoms with Crippen LogP contribution in [0, 0.1) is 5.82 Å².